The molecule has 0 radical (unpaired) electrons. The Morgan fingerprint density at radius 2 is 1.66 bits per heavy atom. The largest absolute Gasteiger partial charge is 0.493 e. The molecule has 5 rings (SSSR count). The maximum Gasteiger partial charge on any atom is 0.252 e. The number of aryl methyl sites for hydroxylation is 1. The molecule has 2 aromatic heterocycles. The Bertz CT molecular complexity index is 1480. The van der Waals surface area contributed by atoms with Gasteiger partial charge in [-0.25, -0.2) is 9.97 Å². The fourth-order valence-electron chi connectivity index (χ4n) is 4.18. The number of H-pyrrole nitrogens is 1. The number of nitrogens with zero attached hydrogens (tertiary/aromatic N) is 2. The molecular formula is C28H26N4O3. The van der Waals surface area contributed by atoms with Crippen molar-refractivity contribution in [1.29, 1.82) is 0 Å². The number of aromatic amines is 1. The highest BCUT2D eigenvalue weighted by Crippen LogP contribution is 2.33. The van der Waals surface area contributed by atoms with Gasteiger partial charge in [0.25, 0.3) is 5.91 Å². The number of benzene rings is 3. The molecule has 0 spiro atoms. The second-order valence-electron chi connectivity index (χ2n) is 8.20. The van der Waals surface area contributed by atoms with Crippen molar-refractivity contribution in [3.05, 3.63) is 84.2 Å². The molecule has 0 unspecified atom stereocenters. The van der Waals surface area contributed by atoms with E-state index in [-0.39, 0.29) is 5.91 Å². The third kappa shape index (κ3) is 4.66. The van der Waals surface area contributed by atoms with E-state index in [0.29, 0.717) is 29.3 Å². The number of hydrogen-bond acceptors (Lipinski definition) is 5. The van der Waals surface area contributed by atoms with E-state index >= 15 is 0 Å². The molecule has 0 fully saturated rings. The van der Waals surface area contributed by atoms with Crippen LogP contribution in [-0.2, 0) is 6.42 Å². The lowest BCUT2D eigenvalue weighted by Gasteiger charge is -2.12. The Hall–Kier alpha value is -4.39. The lowest BCUT2D eigenvalue weighted by atomic mass is 10.0. The van der Waals surface area contributed by atoms with Crippen molar-refractivity contribution in [3.63, 3.8) is 0 Å². The van der Waals surface area contributed by atoms with Gasteiger partial charge in [-0.1, -0.05) is 30.3 Å². The summed E-state index contributed by atoms with van der Waals surface area (Å²) in [7, 11) is 3.20. The molecule has 7 heteroatoms. The van der Waals surface area contributed by atoms with Crippen molar-refractivity contribution in [2.24, 2.45) is 0 Å². The van der Waals surface area contributed by atoms with Crippen molar-refractivity contribution in [1.82, 2.24) is 20.3 Å². The number of amides is 1. The van der Waals surface area contributed by atoms with Crippen molar-refractivity contribution >= 4 is 27.8 Å². The summed E-state index contributed by atoms with van der Waals surface area (Å²) in [5, 5.41) is 3.87. The second-order valence-corrected chi connectivity index (χ2v) is 8.20. The van der Waals surface area contributed by atoms with Gasteiger partial charge < -0.3 is 19.8 Å². The Labute approximate surface area is 203 Å². The molecule has 2 heterocycles. The average molecular weight is 467 g/mol. The summed E-state index contributed by atoms with van der Waals surface area (Å²) in [4.78, 5) is 25.9. The standard InChI is InChI=1S/C28H26N4O3/c1-34-25-14-13-18(16-26(25)35-2)24-17-20(19-8-3-4-9-21(19)30-24)28(33)29-15-7-12-27-31-22-10-5-6-11-23(22)32-27/h3-6,8-11,13-14,16-17H,7,12,15H2,1-2H3,(H,29,33)(H,31,32). The molecule has 7 nitrogen and oxygen atoms in total. The van der Waals surface area contributed by atoms with E-state index in [9.17, 15) is 4.79 Å². The predicted molar refractivity (Wildman–Crippen MR) is 137 cm³/mol. The van der Waals surface area contributed by atoms with E-state index in [1.165, 1.54) is 0 Å². The van der Waals surface area contributed by atoms with Crippen molar-refractivity contribution in [2.75, 3.05) is 20.8 Å². The quantitative estimate of drug-likeness (QED) is 0.309. The van der Waals surface area contributed by atoms with Gasteiger partial charge in [-0.15, -0.1) is 0 Å². The minimum absolute atomic E-state index is 0.130. The van der Waals surface area contributed by atoms with Crippen LogP contribution in [-0.4, -0.2) is 41.6 Å². The van der Waals surface area contributed by atoms with Crippen LogP contribution in [0.1, 0.15) is 22.6 Å². The van der Waals surface area contributed by atoms with Gasteiger partial charge in [-0.05, 0) is 48.9 Å². The Balaban J connectivity index is 1.35. The summed E-state index contributed by atoms with van der Waals surface area (Å²) in [6.45, 7) is 0.540. The lowest BCUT2D eigenvalue weighted by Crippen LogP contribution is -2.25. The summed E-state index contributed by atoms with van der Waals surface area (Å²) in [6.07, 6.45) is 1.53. The number of hydrogen-bond donors (Lipinski definition) is 2. The third-order valence-electron chi connectivity index (χ3n) is 5.95. The Morgan fingerprint density at radius 1 is 0.886 bits per heavy atom. The number of rotatable bonds is 8. The normalized spacial score (nSPS) is 11.0. The van der Waals surface area contributed by atoms with Gasteiger partial charge in [0.1, 0.15) is 5.82 Å². The van der Waals surface area contributed by atoms with Gasteiger partial charge in [0, 0.05) is 23.9 Å². The molecular weight excluding hydrogens is 440 g/mol. The molecule has 0 bridgehead atoms. The molecule has 35 heavy (non-hydrogen) atoms. The zero-order valence-electron chi connectivity index (χ0n) is 19.7. The maximum atomic E-state index is 13.2. The van der Waals surface area contributed by atoms with Gasteiger partial charge in [-0.3, -0.25) is 4.79 Å². The van der Waals surface area contributed by atoms with Gasteiger partial charge in [-0.2, -0.15) is 0 Å². The first-order valence-corrected chi connectivity index (χ1v) is 11.5. The van der Waals surface area contributed by atoms with Crippen LogP contribution in [0.15, 0.2) is 72.8 Å². The van der Waals surface area contributed by atoms with Crippen LogP contribution in [0.2, 0.25) is 0 Å². The third-order valence-corrected chi connectivity index (χ3v) is 5.95. The predicted octanol–water partition coefficient (Wildman–Crippen LogP) is 5.16. The van der Waals surface area contributed by atoms with Crippen LogP contribution in [0.5, 0.6) is 11.5 Å². The molecule has 1 amide bonds. The summed E-state index contributed by atoms with van der Waals surface area (Å²) in [6, 6.07) is 23.1. The summed E-state index contributed by atoms with van der Waals surface area (Å²) >= 11 is 0. The van der Waals surface area contributed by atoms with Crippen LogP contribution in [0.25, 0.3) is 33.2 Å². The minimum Gasteiger partial charge on any atom is -0.493 e. The second kappa shape index (κ2) is 9.85. The molecule has 176 valence electrons. The fourth-order valence-corrected chi connectivity index (χ4v) is 4.18. The number of carbonyl (C=O) groups excluding carboxylic acids is 1. The Morgan fingerprint density at radius 3 is 2.46 bits per heavy atom. The fraction of sp³-hybridized carbons (Fsp3) is 0.179. The average Bonchev–Trinajstić information content (AvgIpc) is 3.33. The van der Waals surface area contributed by atoms with E-state index in [4.69, 9.17) is 14.5 Å². The number of aromatic nitrogens is 3. The minimum atomic E-state index is -0.130. The van der Waals surface area contributed by atoms with Crippen molar-refractivity contribution in [3.8, 4) is 22.8 Å². The highest BCUT2D eigenvalue weighted by atomic mass is 16.5. The van der Waals surface area contributed by atoms with Gasteiger partial charge in [0.2, 0.25) is 0 Å². The zero-order valence-corrected chi connectivity index (χ0v) is 19.7. The first kappa shape index (κ1) is 22.4. The monoisotopic (exact) mass is 466 g/mol. The van der Waals surface area contributed by atoms with E-state index in [1.54, 1.807) is 14.2 Å². The number of para-hydroxylation sites is 3. The first-order valence-electron chi connectivity index (χ1n) is 11.5. The van der Waals surface area contributed by atoms with Crippen LogP contribution in [0.3, 0.4) is 0 Å². The number of carbonyl (C=O) groups is 1. The maximum absolute atomic E-state index is 13.2. The SMILES string of the molecule is COc1ccc(-c2cc(C(=O)NCCCc3nc4ccccc4[nH]3)c3ccccc3n2)cc1OC. The molecule has 3 aromatic carbocycles. The number of nitrogens with one attached hydrogen (secondary N) is 2. The molecule has 0 saturated heterocycles. The van der Waals surface area contributed by atoms with Gasteiger partial charge >= 0.3 is 0 Å². The van der Waals surface area contributed by atoms with E-state index in [2.05, 4.69) is 15.3 Å². The van der Waals surface area contributed by atoms with E-state index in [1.807, 2.05) is 72.8 Å². The number of methoxy groups -OCH3 is 2. The number of imidazole rings is 1. The van der Waals surface area contributed by atoms with Crippen molar-refractivity contribution in [2.45, 2.75) is 12.8 Å². The van der Waals surface area contributed by atoms with Crippen LogP contribution in [0, 0.1) is 0 Å². The van der Waals surface area contributed by atoms with Crippen LogP contribution in [0.4, 0.5) is 0 Å². The number of fused-ring (bicyclic) bond motifs is 2. The summed E-state index contributed by atoms with van der Waals surface area (Å²) < 4.78 is 10.8. The highest BCUT2D eigenvalue weighted by Gasteiger charge is 2.15. The molecule has 5 aromatic rings. The van der Waals surface area contributed by atoms with Crippen molar-refractivity contribution < 1.29 is 14.3 Å². The smallest absolute Gasteiger partial charge is 0.252 e. The molecule has 0 aliphatic heterocycles. The van der Waals surface area contributed by atoms with E-state index < -0.39 is 0 Å². The molecule has 0 saturated carbocycles. The Kier molecular flexibility index (Phi) is 6.30. The number of pyridine rings is 1. The zero-order chi connectivity index (χ0) is 24.2. The van der Waals surface area contributed by atoms with Crippen LogP contribution < -0.4 is 14.8 Å². The highest BCUT2D eigenvalue weighted by molar-refractivity contribution is 6.07. The molecule has 0 atom stereocenters. The van der Waals surface area contributed by atoms with Gasteiger partial charge in [0.15, 0.2) is 11.5 Å². The van der Waals surface area contributed by atoms with Crippen LogP contribution >= 0.6 is 0 Å². The summed E-state index contributed by atoms with van der Waals surface area (Å²) in [5.41, 5.74) is 4.86. The summed E-state index contributed by atoms with van der Waals surface area (Å²) in [5.74, 6) is 2.04. The van der Waals surface area contributed by atoms with Gasteiger partial charge in [0.05, 0.1) is 42.0 Å². The molecule has 2 N–H and O–H groups in total. The lowest BCUT2D eigenvalue weighted by molar-refractivity contribution is 0.0954. The number of ether oxygens (including phenoxy) is 2. The first-order chi connectivity index (χ1) is 17.2. The topological polar surface area (TPSA) is 89.1 Å². The van der Waals surface area contributed by atoms with E-state index in [0.717, 1.165) is 46.2 Å². The molecule has 0 aliphatic carbocycles. The molecule has 0 aliphatic rings.